The normalized spacial score (nSPS) is 17.8. The van der Waals surface area contributed by atoms with Gasteiger partial charge in [0.25, 0.3) is 5.91 Å². The lowest BCUT2D eigenvalue weighted by atomic mass is 10.1. The van der Waals surface area contributed by atoms with Gasteiger partial charge in [-0.1, -0.05) is 6.92 Å². The molecule has 1 N–H and O–H groups in total. The Morgan fingerprint density at radius 3 is 2.92 bits per heavy atom. The first-order chi connectivity index (χ1) is 11.7. The number of aromatic nitrogens is 4. The van der Waals surface area contributed by atoms with E-state index in [0.29, 0.717) is 5.56 Å². The van der Waals surface area contributed by atoms with Gasteiger partial charge in [-0.25, -0.2) is 9.97 Å². The summed E-state index contributed by atoms with van der Waals surface area (Å²) in [6.07, 6.45) is 8.14. The van der Waals surface area contributed by atoms with Crippen molar-refractivity contribution in [1.82, 2.24) is 25.1 Å². The van der Waals surface area contributed by atoms with Gasteiger partial charge in [0.15, 0.2) is 0 Å². The predicted octanol–water partition coefficient (Wildman–Crippen LogP) is 1.79. The molecule has 3 heterocycles. The summed E-state index contributed by atoms with van der Waals surface area (Å²) in [6.45, 7) is 6.54. The van der Waals surface area contributed by atoms with Crippen LogP contribution in [0.15, 0.2) is 24.7 Å². The van der Waals surface area contributed by atoms with Gasteiger partial charge in [-0.3, -0.25) is 9.48 Å². The van der Waals surface area contributed by atoms with Crippen LogP contribution in [0.1, 0.15) is 42.2 Å². The first kappa shape index (κ1) is 16.4. The molecule has 128 valence electrons. The van der Waals surface area contributed by atoms with Crippen LogP contribution < -0.4 is 10.2 Å². The first-order valence-electron chi connectivity index (χ1n) is 8.54. The van der Waals surface area contributed by atoms with E-state index < -0.39 is 0 Å². The van der Waals surface area contributed by atoms with Gasteiger partial charge in [0.1, 0.15) is 0 Å². The zero-order valence-electron chi connectivity index (χ0n) is 14.3. The van der Waals surface area contributed by atoms with Crippen LogP contribution in [0.2, 0.25) is 0 Å². The molecule has 1 aliphatic heterocycles. The fraction of sp³-hybridized carbons (Fsp3) is 0.529. The van der Waals surface area contributed by atoms with Crippen LogP contribution in [-0.4, -0.2) is 44.8 Å². The summed E-state index contributed by atoms with van der Waals surface area (Å²) in [6, 6.07) is 1.91. The number of carbonyl (C=O) groups is 1. The SMILES string of the molecule is CCCn1ncc(C(=O)N[C@@H]2CCCN(c3ncccn3)C2)c1C. The van der Waals surface area contributed by atoms with Crippen molar-refractivity contribution >= 4 is 11.9 Å². The van der Waals surface area contributed by atoms with Crippen LogP contribution in [-0.2, 0) is 6.54 Å². The molecule has 2 aromatic heterocycles. The average Bonchev–Trinajstić information content (AvgIpc) is 2.97. The third-order valence-corrected chi connectivity index (χ3v) is 4.37. The molecule has 0 aliphatic carbocycles. The molecule has 7 heteroatoms. The zero-order chi connectivity index (χ0) is 16.9. The Hall–Kier alpha value is -2.44. The Kier molecular flexibility index (Phi) is 5.08. The van der Waals surface area contributed by atoms with E-state index in [-0.39, 0.29) is 11.9 Å². The fourth-order valence-electron chi connectivity index (χ4n) is 3.10. The van der Waals surface area contributed by atoms with Crippen molar-refractivity contribution in [2.24, 2.45) is 0 Å². The van der Waals surface area contributed by atoms with Gasteiger partial charge in [-0.15, -0.1) is 0 Å². The molecule has 0 aromatic carbocycles. The highest BCUT2D eigenvalue weighted by atomic mass is 16.1. The third-order valence-electron chi connectivity index (χ3n) is 4.37. The quantitative estimate of drug-likeness (QED) is 0.905. The van der Waals surface area contributed by atoms with Crippen molar-refractivity contribution in [3.8, 4) is 0 Å². The largest absolute Gasteiger partial charge is 0.347 e. The molecule has 1 amide bonds. The Bertz CT molecular complexity index is 684. The Morgan fingerprint density at radius 1 is 1.38 bits per heavy atom. The molecule has 1 atom stereocenters. The summed E-state index contributed by atoms with van der Waals surface area (Å²) in [7, 11) is 0. The molecule has 0 bridgehead atoms. The highest BCUT2D eigenvalue weighted by Crippen LogP contribution is 2.16. The maximum atomic E-state index is 12.6. The highest BCUT2D eigenvalue weighted by Gasteiger charge is 2.24. The van der Waals surface area contributed by atoms with Crippen LogP contribution in [0.4, 0.5) is 5.95 Å². The number of carbonyl (C=O) groups excluding carboxylic acids is 1. The van der Waals surface area contributed by atoms with E-state index in [1.807, 2.05) is 17.7 Å². The molecule has 0 spiro atoms. The molecule has 7 nitrogen and oxygen atoms in total. The molecule has 1 saturated heterocycles. The monoisotopic (exact) mass is 328 g/mol. The number of hydrogen-bond donors (Lipinski definition) is 1. The van der Waals surface area contributed by atoms with Gasteiger partial charge in [0, 0.05) is 43.8 Å². The second-order valence-corrected chi connectivity index (χ2v) is 6.17. The highest BCUT2D eigenvalue weighted by molar-refractivity contribution is 5.95. The molecule has 2 aromatic rings. The van der Waals surface area contributed by atoms with Gasteiger partial charge in [0.05, 0.1) is 11.8 Å². The van der Waals surface area contributed by atoms with Gasteiger partial charge in [0.2, 0.25) is 5.95 Å². The molecular formula is C17H24N6O. The molecule has 0 radical (unpaired) electrons. The van der Waals surface area contributed by atoms with Gasteiger partial charge < -0.3 is 10.2 Å². The number of aryl methyl sites for hydroxylation is 1. The smallest absolute Gasteiger partial charge is 0.255 e. The second kappa shape index (κ2) is 7.42. The van der Waals surface area contributed by atoms with Crippen LogP contribution in [0.25, 0.3) is 0 Å². The molecule has 0 unspecified atom stereocenters. The molecule has 0 saturated carbocycles. The van der Waals surface area contributed by atoms with Crippen LogP contribution in [0.3, 0.4) is 0 Å². The van der Waals surface area contributed by atoms with Crippen molar-refractivity contribution in [1.29, 1.82) is 0 Å². The summed E-state index contributed by atoms with van der Waals surface area (Å²) in [5.74, 6) is 0.680. The van der Waals surface area contributed by atoms with E-state index >= 15 is 0 Å². The topological polar surface area (TPSA) is 75.9 Å². The minimum atomic E-state index is -0.0457. The molecular weight excluding hydrogens is 304 g/mol. The van der Waals surface area contributed by atoms with E-state index in [0.717, 1.165) is 50.5 Å². The van der Waals surface area contributed by atoms with Crippen LogP contribution in [0, 0.1) is 6.92 Å². The van der Waals surface area contributed by atoms with E-state index in [9.17, 15) is 4.79 Å². The molecule has 1 aliphatic rings. The minimum absolute atomic E-state index is 0.0457. The Balaban J connectivity index is 1.64. The van der Waals surface area contributed by atoms with Crippen LogP contribution in [0.5, 0.6) is 0 Å². The maximum absolute atomic E-state index is 12.6. The Labute approximate surface area is 142 Å². The first-order valence-corrected chi connectivity index (χ1v) is 8.54. The van der Waals surface area contributed by atoms with Gasteiger partial charge in [-0.2, -0.15) is 5.10 Å². The van der Waals surface area contributed by atoms with Crippen molar-refractivity contribution in [2.75, 3.05) is 18.0 Å². The summed E-state index contributed by atoms with van der Waals surface area (Å²) in [5, 5.41) is 7.45. The number of hydrogen-bond acceptors (Lipinski definition) is 5. The van der Waals surface area contributed by atoms with Gasteiger partial charge in [-0.05, 0) is 32.3 Å². The number of rotatable bonds is 5. The second-order valence-electron chi connectivity index (χ2n) is 6.17. The predicted molar refractivity (Wildman–Crippen MR) is 92.0 cm³/mol. The zero-order valence-corrected chi connectivity index (χ0v) is 14.3. The van der Waals surface area contributed by atoms with E-state index in [1.54, 1.807) is 18.6 Å². The van der Waals surface area contributed by atoms with E-state index in [2.05, 4.69) is 32.2 Å². The van der Waals surface area contributed by atoms with E-state index in [1.165, 1.54) is 0 Å². The average molecular weight is 328 g/mol. The van der Waals surface area contributed by atoms with Crippen LogP contribution >= 0.6 is 0 Å². The summed E-state index contributed by atoms with van der Waals surface area (Å²) < 4.78 is 1.89. The summed E-state index contributed by atoms with van der Waals surface area (Å²) in [4.78, 5) is 23.3. The minimum Gasteiger partial charge on any atom is -0.347 e. The van der Waals surface area contributed by atoms with Crippen molar-refractivity contribution in [2.45, 2.75) is 45.7 Å². The standard InChI is InChI=1S/C17H24N6O/c1-3-9-23-13(2)15(11-20-23)16(24)21-14-6-4-10-22(12-14)17-18-7-5-8-19-17/h5,7-8,11,14H,3-4,6,9-10,12H2,1-2H3,(H,21,24)/t14-/m1/s1. The number of piperidine rings is 1. The van der Waals surface area contributed by atoms with Gasteiger partial charge >= 0.3 is 0 Å². The third kappa shape index (κ3) is 3.55. The Morgan fingerprint density at radius 2 is 2.17 bits per heavy atom. The number of amides is 1. The fourth-order valence-corrected chi connectivity index (χ4v) is 3.10. The van der Waals surface area contributed by atoms with Crippen molar-refractivity contribution < 1.29 is 4.79 Å². The lowest BCUT2D eigenvalue weighted by Crippen LogP contribution is -2.48. The van der Waals surface area contributed by atoms with Crippen molar-refractivity contribution in [3.63, 3.8) is 0 Å². The lowest BCUT2D eigenvalue weighted by Gasteiger charge is -2.33. The van der Waals surface area contributed by atoms with E-state index in [4.69, 9.17) is 0 Å². The summed E-state index contributed by atoms with van der Waals surface area (Å²) in [5.41, 5.74) is 1.59. The number of nitrogens with one attached hydrogen (secondary N) is 1. The maximum Gasteiger partial charge on any atom is 0.255 e. The molecule has 24 heavy (non-hydrogen) atoms. The number of nitrogens with zero attached hydrogens (tertiary/aromatic N) is 5. The summed E-state index contributed by atoms with van der Waals surface area (Å²) >= 11 is 0. The molecule has 1 fully saturated rings. The molecule has 3 rings (SSSR count). The van der Waals surface area contributed by atoms with Crippen molar-refractivity contribution in [3.05, 3.63) is 35.9 Å². The lowest BCUT2D eigenvalue weighted by molar-refractivity contribution is 0.0932. The number of anilines is 1.